The second-order valence-electron chi connectivity index (χ2n) is 5.33. The van der Waals surface area contributed by atoms with Gasteiger partial charge in [-0.1, -0.05) is 17.7 Å². The molecule has 0 unspecified atom stereocenters. The van der Waals surface area contributed by atoms with Gasteiger partial charge in [-0.25, -0.2) is 4.79 Å². The first-order valence-electron chi connectivity index (χ1n) is 7.33. The van der Waals surface area contributed by atoms with Crippen LogP contribution in [0.5, 0.6) is 5.75 Å². The van der Waals surface area contributed by atoms with Gasteiger partial charge < -0.3 is 15.4 Å². The zero-order valence-corrected chi connectivity index (χ0v) is 13.7. The molecule has 2 aromatic rings. The summed E-state index contributed by atoms with van der Waals surface area (Å²) in [5.41, 5.74) is 2.24. The van der Waals surface area contributed by atoms with Crippen molar-refractivity contribution in [3.8, 4) is 5.75 Å². The minimum atomic E-state index is -0.504. The van der Waals surface area contributed by atoms with Gasteiger partial charge in [0.15, 0.2) is 0 Å². The predicted octanol–water partition coefficient (Wildman–Crippen LogP) is 3.13. The lowest BCUT2D eigenvalue weighted by molar-refractivity contribution is -0.115. The van der Waals surface area contributed by atoms with Crippen LogP contribution in [0.3, 0.4) is 0 Å². The summed E-state index contributed by atoms with van der Waals surface area (Å²) in [6.45, 7) is 4.64. The molecule has 0 aliphatic rings. The van der Waals surface area contributed by atoms with Crippen LogP contribution >= 0.6 is 0 Å². The maximum Gasteiger partial charge on any atom is 0.343 e. The van der Waals surface area contributed by atoms with Crippen molar-refractivity contribution in [2.24, 2.45) is 0 Å². The maximum absolute atomic E-state index is 12.1. The Kier molecular flexibility index (Phi) is 5.31. The highest BCUT2D eigenvalue weighted by molar-refractivity contribution is 5.99. The van der Waals surface area contributed by atoms with Gasteiger partial charge >= 0.3 is 5.97 Å². The molecule has 2 amide bonds. The van der Waals surface area contributed by atoms with Gasteiger partial charge in [-0.2, -0.15) is 0 Å². The second-order valence-corrected chi connectivity index (χ2v) is 5.33. The van der Waals surface area contributed by atoms with Crippen LogP contribution in [0.4, 0.5) is 11.4 Å². The lowest BCUT2D eigenvalue weighted by Gasteiger charge is -2.12. The van der Waals surface area contributed by atoms with E-state index in [1.165, 1.54) is 19.9 Å². The smallest absolute Gasteiger partial charge is 0.343 e. The molecule has 0 saturated heterocycles. The number of hydrogen-bond donors (Lipinski definition) is 2. The highest BCUT2D eigenvalue weighted by Gasteiger charge is 2.12. The van der Waals surface area contributed by atoms with E-state index in [1.54, 1.807) is 24.3 Å². The minimum absolute atomic E-state index is 0.262. The highest BCUT2D eigenvalue weighted by atomic mass is 16.5. The number of nitrogens with one attached hydrogen (secondary N) is 2. The summed E-state index contributed by atoms with van der Waals surface area (Å²) in [6.07, 6.45) is 0. The zero-order chi connectivity index (χ0) is 17.7. The molecular formula is C18H18N2O4. The van der Waals surface area contributed by atoms with Crippen LogP contribution in [-0.2, 0) is 9.59 Å². The standard InChI is InChI=1S/C18H18N2O4/c1-11-4-6-14(7-5-11)18(23)24-15-8-9-16(19-12(2)21)17(10-15)20-13(3)22/h4-10H,1-3H3,(H,19,21)(H,20,22). The molecule has 124 valence electrons. The fourth-order valence-corrected chi connectivity index (χ4v) is 2.03. The van der Waals surface area contributed by atoms with E-state index in [2.05, 4.69) is 10.6 Å². The van der Waals surface area contributed by atoms with Gasteiger partial charge in [-0.05, 0) is 31.2 Å². The van der Waals surface area contributed by atoms with Crippen molar-refractivity contribution < 1.29 is 19.1 Å². The van der Waals surface area contributed by atoms with Crippen LogP contribution in [0.15, 0.2) is 42.5 Å². The van der Waals surface area contributed by atoms with Gasteiger partial charge in [0.2, 0.25) is 11.8 Å². The van der Waals surface area contributed by atoms with Crippen LogP contribution in [0.25, 0.3) is 0 Å². The molecule has 2 rings (SSSR count). The predicted molar refractivity (Wildman–Crippen MR) is 91.2 cm³/mol. The number of esters is 1. The number of anilines is 2. The number of carbonyl (C=O) groups is 3. The third kappa shape index (κ3) is 4.67. The zero-order valence-electron chi connectivity index (χ0n) is 13.7. The summed E-state index contributed by atoms with van der Waals surface area (Å²) < 4.78 is 5.32. The molecule has 0 radical (unpaired) electrons. The summed E-state index contributed by atoms with van der Waals surface area (Å²) in [5, 5.41) is 5.20. The van der Waals surface area contributed by atoms with Crippen LogP contribution in [0.2, 0.25) is 0 Å². The largest absolute Gasteiger partial charge is 0.423 e. The molecule has 0 aliphatic heterocycles. The van der Waals surface area contributed by atoms with E-state index in [0.29, 0.717) is 16.9 Å². The van der Waals surface area contributed by atoms with Crippen LogP contribution < -0.4 is 15.4 Å². The van der Waals surface area contributed by atoms with Crippen molar-refractivity contribution in [2.45, 2.75) is 20.8 Å². The minimum Gasteiger partial charge on any atom is -0.423 e. The monoisotopic (exact) mass is 326 g/mol. The first kappa shape index (κ1) is 17.2. The lowest BCUT2D eigenvalue weighted by atomic mass is 10.1. The number of amides is 2. The van der Waals surface area contributed by atoms with E-state index in [-0.39, 0.29) is 17.6 Å². The van der Waals surface area contributed by atoms with Gasteiger partial charge in [0.25, 0.3) is 0 Å². The van der Waals surface area contributed by atoms with E-state index in [4.69, 9.17) is 4.74 Å². The van der Waals surface area contributed by atoms with E-state index in [9.17, 15) is 14.4 Å². The molecule has 2 N–H and O–H groups in total. The van der Waals surface area contributed by atoms with E-state index in [0.717, 1.165) is 5.56 Å². The Bertz CT molecular complexity index is 782. The molecule has 0 saturated carbocycles. The first-order chi connectivity index (χ1) is 11.3. The Morgan fingerprint density at radius 2 is 1.42 bits per heavy atom. The topological polar surface area (TPSA) is 84.5 Å². The molecule has 0 fully saturated rings. The quantitative estimate of drug-likeness (QED) is 0.668. The summed E-state index contributed by atoms with van der Waals surface area (Å²) in [7, 11) is 0. The van der Waals surface area contributed by atoms with Gasteiger partial charge in [0.1, 0.15) is 5.75 Å². The lowest BCUT2D eigenvalue weighted by Crippen LogP contribution is -2.13. The molecular weight excluding hydrogens is 308 g/mol. The Balaban J connectivity index is 2.23. The number of aryl methyl sites for hydroxylation is 1. The number of hydrogen-bond acceptors (Lipinski definition) is 4. The second kappa shape index (κ2) is 7.41. The Labute approximate surface area is 139 Å². The molecule has 0 spiro atoms. The number of ether oxygens (including phenoxy) is 1. The Hall–Kier alpha value is -3.15. The maximum atomic E-state index is 12.1. The SMILES string of the molecule is CC(=O)Nc1ccc(OC(=O)c2ccc(C)cc2)cc1NC(C)=O. The third-order valence-electron chi connectivity index (χ3n) is 3.11. The molecule has 0 heterocycles. The third-order valence-corrected chi connectivity index (χ3v) is 3.11. The number of carbonyl (C=O) groups excluding carboxylic acids is 3. The van der Waals surface area contributed by atoms with Crippen LogP contribution in [-0.4, -0.2) is 17.8 Å². The average Bonchev–Trinajstić information content (AvgIpc) is 2.49. The normalized spacial score (nSPS) is 9.96. The van der Waals surface area contributed by atoms with Crippen LogP contribution in [0, 0.1) is 6.92 Å². The Morgan fingerprint density at radius 1 is 0.833 bits per heavy atom. The fraction of sp³-hybridized carbons (Fsp3) is 0.167. The molecule has 0 atom stereocenters. The summed E-state index contributed by atoms with van der Waals surface area (Å²) in [4.78, 5) is 34.7. The van der Waals surface area contributed by atoms with Gasteiger partial charge in [0.05, 0.1) is 16.9 Å². The first-order valence-corrected chi connectivity index (χ1v) is 7.33. The molecule has 0 aliphatic carbocycles. The van der Waals surface area contributed by atoms with Crippen molar-refractivity contribution in [2.75, 3.05) is 10.6 Å². The van der Waals surface area contributed by atoms with Crippen molar-refractivity contribution in [3.05, 3.63) is 53.6 Å². The van der Waals surface area contributed by atoms with Crippen molar-refractivity contribution in [3.63, 3.8) is 0 Å². The van der Waals surface area contributed by atoms with E-state index >= 15 is 0 Å². The number of rotatable bonds is 4. The highest BCUT2D eigenvalue weighted by Crippen LogP contribution is 2.28. The molecule has 0 bridgehead atoms. The Morgan fingerprint density at radius 3 is 2.00 bits per heavy atom. The molecule has 6 nitrogen and oxygen atoms in total. The fourth-order valence-electron chi connectivity index (χ4n) is 2.03. The summed E-state index contributed by atoms with van der Waals surface area (Å²) >= 11 is 0. The molecule has 0 aromatic heterocycles. The molecule has 24 heavy (non-hydrogen) atoms. The average molecular weight is 326 g/mol. The molecule has 6 heteroatoms. The van der Waals surface area contributed by atoms with E-state index in [1.807, 2.05) is 19.1 Å². The van der Waals surface area contributed by atoms with Gasteiger partial charge in [0, 0.05) is 19.9 Å². The van der Waals surface area contributed by atoms with Gasteiger partial charge in [-0.15, -0.1) is 0 Å². The van der Waals surface area contributed by atoms with Crippen molar-refractivity contribution >= 4 is 29.2 Å². The summed E-state index contributed by atoms with van der Waals surface area (Å²) in [6, 6.07) is 11.6. The number of benzene rings is 2. The van der Waals surface area contributed by atoms with Crippen LogP contribution in [0.1, 0.15) is 29.8 Å². The summed E-state index contributed by atoms with van der Waals surface area (Å²) in [5.74, 6) is -0.816. The van der Waals surface area contributed by atoms with Crippen molar-refractivity contribution in [1.82, 2.24) is 0 Å². The molecule has 2 aromatic carbocycles. The van der Waals surface area contributed by atoms with Crippen molar-refractivity contribution in [1.29, 1.82) is 0 Å². The van der Waals surface area contributed by atoms with Gasteiger partial charge in [-0.3, -0.25) is 9.59 Å². The van der Waals surface area contributed by atoms with E-state index < -0.39 is 5.97 Å².